The third kappa shape index (κ3) is 4.30. The van der Waals surface area contributed by atoms with Crippen LogP contribution < -0.4 is 5.73 Å². The first-order valence-electron chi connectivity index (χ1n) is 7.06. The fraction of sp³-hybridized carbons (Fsp3) is 0.294. The predicted octanol–water partition coefficient (Wildman–Crippen LogP) is 3.14. The molecule has 2 N–H and O–H groups in total. The minimum Gasteiger partial charge on any atom is -0.399 e. The van der Waals surface area contributed by atoms with E-state index >= 15 is 0 Å². The summed E-state index contributed by atoms with van der Waals surface area (Å²) in [6.07, 6.45) is 4.15. The van der Waals surface area contributed by atoms with Crippen LogP contribution in [0, 0.1) is 11.3 Å². The van der Waals surface area contributed by atoms with Crippen LogP contribution >= 0.6 is 0 Å². The SMILES string of the molecule is CC(c1ccc(N)cc1)N(CCC#N)Cc1cccnc1. The number of nitrogen functional groups attached to an aromatic ring is 1. The van der Waals surface area contributed by atoms with Crippen LogP contribution in [0.25, 0.3) is 0 Å². The molecule has 1 heterocycles. The maximum absolute atomic E-state index is 8.86. The summed E-state index contributed by atoms with van der Waals surface area (Å²) in [6, 6.07) is 14.4. The monoisotopic (exact) mass is 280 g/mol. The van der Waals surface area contributed by atoms with Gasteiger partial charge in [-0.3, -0.25) is 9.88 Å². The molecule has 1 atom stereocenters. The molecular weight excluding hydrogens is 260 g/mol. The zero-order valence-electron chi connectivity index (χ0n) is 12.2. The summed E-state index contributed by atoms with van der Waals surface area (Å²) in [7, 11) is 0. The normalized spacial score (nSPS) is 12.0. The lowest BCUT2D eigenvalue weighted by atomic mass is 10.1. The van der Waals surface area contributed by atoms with E-state index in [1.165, 1.54) is 5.56 Å². The second-order valence-corrected chi connectivity index (χ2v) is 5.08. The van der Waals surface area contributed by atoms with E-state index in [-0.39, 0.29) is 6.04 Å². The third-order valence-corrected chi connectivity index (χ3v) is 3.59. The van der Waals surface area contributed by atoms with Crippen molar-refractivity contribution in [3.05, 3.63) is 59.9 Å². The van der Waals surface area contributed by atoms with Gasteiger partial charge in [-0.05, 0) is 36.2 Å². The number of rotatable bonds is 6. The molecule has 0 fully saturated rings. The van der Waals surface area contributed by atoms with E-state index in [0.29, 0.717) is 6.42 Å². The highest BCUT2D eigenvalue weighted by molar-refractivity contribution is 5.40. The van der Waals surface area contributed by atoms with Gasteiger partial charge in [0.1, 0.15) is 0 Å². The number of benzene rings is 1. The molecule has 0 aliphatic heterocycles. The quantitative estimate of drug-likeness (QED) is 0.825. The van der Waals surface area contributed by atoms with Crippen LogP contribution in [0.5, 0.6) is 0 Å². The minimum absolute atomic E-state index is 0.221. The van der Waals surface area contributed by atoms with Crippen molar-refractivity contribution in [2.45, 2.75) is 25.9 Å². The number of aromatic nitrogens is 1. The van der Waals surface area contributed by atoms with Crippen molar-refractivity contribution >= 4 is 5.69 Å². The van der Waals surface area contributed by atoms with E-state index in [1.807, 2.05) is 36.5 Å². The van der Waals surface area contributed by atoms with Gasteiger partial charge in [0, 0.05) is 43.6 Å². The van der Waals surface area contributed by atoms with Gasteiger partial charge in [0.15, 0.2) is 0 Å². The van der Waals surface area contributed by atoms with Gasteiger partial charge < -0.3 is 5.73 Å². The first kappa shape index (κ1) is 15.0. The summed E-state index contributed by atoms with van der Waals surface area (Å²) in [4.78, 5) is 6.44. The van der Waals surface area contributed by atoms with Crippen LogP contribution in [0.2, 0.25) is 0 Å². The molecule has 2 aromatic rings. The average molecular weight is 280 g/mol. The van der Waals surface area contributed by atoms with E-state index in [1.54, 1.807) is 6.20 Å². The number of pyridine rings is 1. The molecule has 2 rings (SSSR count). The minimum atomic E-state index is 0.221. The molecule has 108 valence electrons. The molecule has 4 heteroatoms. The highest BCUT2D eigenvalue weighted by atomic mass is 15.1. The standard InChI is InChI=1S/C17H20N4/c1-14(16-5-7-17(19)8-6-16)21(11-3-9-18)13-15-4-2-10-20-12-15/h2,4-8,10,12,14H,3,11,13,19H2,1H3. The Kier molecular flexibility index (Phi) is 5.30. The number of hydrogen-bond acceptors (Lipinski definition) is 4. The van der Waals surface area contributed by atoms with Crippen molar-refractivity contribution in [2.75, 3.05) is 12.3 Å². The lowest BCUT2D eigenvalue weighted by molar-refractivity contribution is 0.206. The average Bonchev–Trinajstić information content (AvgIpc) is 2.52. The van der Waals surface area contributed by atoms with Gasteiger partial charge in [0.05, 0.1) is 6.07 Å². The van der Waals surface area contributed by atoms with E-state index in [4.69, 9.17) is 11.0 Å². The van der Waals surface area contributed by atoms with Crippen LogP contribution in [0.1, 0.15) is 30.5 Å². The summed E-state index contributed by atoms with van der Waals surface area (Å²) in [5, 5.41) is 8.86. The number of anilines is 1. The summed E-state index contributed by atoms with van der Waals surface area (Å²) in [5.41, 5.74) is 8.86. The molecule has 21 heavy (non-hydrogen) atoms. The van der Waals surface area contributed by atoms with Gasteiger partial charge in [0.25, 0.3) is 0 Å². The molecule has 0 spiro atoms. The fourth-order valence-electron chi connectivity index (χ4n) is 2.31. The molecule has 1 aromatic carbocycles. The van der Waals surface area contributed by atoms with Crippen molar-refractivity contribution in [1.82, 2.24) is 9.88 Å². The molecule has 1 unspecified atom stereocenters. The summed E-state index contributed by atoms with van der Waals surface area (Å²) >= 11 is 0. The topological polar surface area (TPSA) is 65.9 Å². The Balaban J connectivity index is 2.14. The number of hydrogen-bond donors (Lipinski definition) is 1. The Morgan fingerprint density at radius 2 is 2.05 bits per heavy atom. The Morgan fingerprint density at radius 3 is 2.67 bits per heavy atom. The van der Waals surface area contributed by atoms with E-state index in [0.717, 1.165) is 24.3 Å². The van der Waals surface area contributed by atoms with Gasteiger partial charge in [-0.25, -0.2) is 0 Å². The zero-order chi connectivity index (χ0) is 15.1. The Bertz CT molecular complexity index is 586. The molecule has 0 radical (unpaired) electrons. The van der Waals surface area contributed by atoms with Crippen LogP contribution in [0.3, 0.4) is 0 Å². The first-order valence-corrected chi connectivity index (χ1v) is 7.06. The van der Waals surface area contributed by atoms with Gasteiger partial charge in [-0.15, -0.1) is 0 Å². The van der Waals surface area contributed by atoms with Crippen LogP contribution in [0.4, 0.5) is 5.69 Å². The summed E-state index contributed by atoms with van der Waals surface area (Å²) < 4.78 is 0. The predicted molar refractivity (Wildman–Crippen MR) is 84.1 cm³/mol. The van der Waals surface area contributed by atoms with Crippen molar-refractivity contribution in [3.8, 4) is 6.07 Å². The Morgan fingerprint density at radius 1 is 1.29 bits per heavy atom. The second kappa shape index (κ2) is 7.41. The Labute approximate surface area is 125 Å². The largest absolute Gasteiger partial charge is 0.399 e. The number of nitriles is 1. The molecule has 0 saturated carbocycles. The van der Waals surface area contributed by atoms with Gasteiger partial charge in [-0.1, -0.05) is 18.2 Å². The molecule has 4 nitrogen and oxygen atoms in total. The highest BCUT2D eigenvalue weighted by Gasteiger charge is 2.16. The van der Waals surface area contributed by atoms with Crippen LogP contribution in [0.15, 0.2) is 48.8 Å². The van der Waals surface area contributed by atoms with E-state index < -0.39 is 0 Å². The van der Waals surface area contributed by atoms with Crippen molar-refractivity contribution in [1.29, 1.82) is 5.26 Å². The van der Waals surface area contributed by atoms with E-state index in [9.17, 15) is 0 Å². The molecule has 0 aliphatic carbocycles. The number of nitrogens with two attached hydrogens (primary N) is 1. The molecule has 0 bridgehead atoms. The summed E-state index contributed by atoms with van der Waals surface area (Å²) in [6.45, 7) is 3.66. The van der Waals surface area contributed by atoms with Crippen molar-refractivity contribution < 1.29 is 0 Å². The zero-order valence-corrected chi connectivity index (χ0v) is 12.2. The third-order valence-electron chi connectivity index (χ3n) is 3.59. The van der Waals surface area contributed by atoms with Gasteiger partial charge >= 0.3 is 0 Å². The maximum Gasteiger partial charge on any atom is 0.0635 e. The first-order chi connectivity index (χ1) is 10.2. The lowest BCUT2D eigenvalue weighted by Crippen LogP contribution is -2.27. The van der Waals surface area contributed by atoms with Gasteiger partial charge in [-0.2, -0.15) is 5.26 Å². The fourth-order valence-corrected chi connectivity index (χ4v) is 2.31. The van der Waals surface area contributed by atoms with Crippen LogP contribution in [-0.2, 0) is 6.54 Å². The van der Waals surface area contributed by atoms with Crippen molar-refractivity contribution in [2.24, 2.45) is 0 Å². The molecule has 0 saturated heterocycles. The van der Waals surface area contributed by atoms with Gasteiger partial charge in [0.2, 0.25) is 0 Å². The second-order valence-electron chi connectivity index (χ2n) is 5.08. The maximum atomic E-state index is 8.86. The Hall–Kier alpha value is -2.38. The molecule has 0 amide bonds. The molecule has 1 aromatic heterocycles. The lowest BCUT2D eigenvalue weighted by Gasteiger charge is -2.28. The van der Waals surface area contributed by atoms with Crippen molar-refractivity contribution in [3.63, 3.8) is 0 Å². The van der Waals surface area contributed by atoms with E-state index in [2.05, 4.69) is 28.9 Å². The highest BCUT2D eigenvalue weighted by Crippen LogP contribution is 2.23. The smallest absolute Gasteiger partial charge is 0.0635 e. The van der Waals surface area contributed by atoms with Crippen LogP contribution in [-0.4, -0.2) is 16.4 Å². The molecule has 0 aliphatic rings. The molecular formula is C17H20N4. The number of nitrogens with zero attached hydrogens (tertiary/aromatic N) is 3. The summed E-state index contributed by atoms with van der Waals surface area (Å²) in [5.74, 6) is 0.